The highest BCUT2D eigenvalue weighted by Crippen LogP contribution is 2.21. The highest BCUT2D eigenvalue weighted by molar-refractivity contribution is 5.69. The van der Waals surface area contributed by atoms with E-state index >= 15 is 0 Å². The van der Waals surface area contributed by atoms with Crippen molar-refractivity contribution < 1.29 is 14.6 Å². The summed E-state index contributed by atoms with van der Waals surface area (Å²) in [4.78, 5) is 13.2. The summed E-state index contributed by atoms with van der Waals surface area (Å²) in [6, 6.07) is 0. The number of aliphatic hydroxyl groups is 1. The van der Waals surface area contributed by atoms with Gasteiger partial charge >= 0.3 is 5.97 Å². The molecule has 0 aromatic carbocycles. The number of carbonyl (C=O) groups is 1. The third-order valence-corrected chi connectivity index (χ3v) is 2.91. The van der Waals surface area contributed by atoms with E-state index in [-0.39, 0.29) is 18.3 Å². The van der Waals surface area contributed by atoms with Crippen LogP contribution in [-0.2, 0) is 9.53 Å². The quantitative estimate of drug-likeness (QED) is 0.665. The molecule has 1 N–H and O–H groups in total. The Kier molecular flexibility index (Phi) is 4.35. The van der Waals surface area contributed by atoms with E-state index in [2.05, 4.69) is 16.7 Å². The summed E-state index contributed by atoms with van der Waals surface area (Å²) in [5.41, 5.74) is 0. The molecule has 0 amide bonds. The summed E-state index contributed by atoms with van der Waals surface area (Å²) >= 11 is 0. The highest BCUT2D eigenvalue weighted by atomic mass is 16.5. The van der Waals surface area contributed by atoms with Crippen molar-refractivity contribution in [2.24, 2.45) is 5.92 Å². The van der Waals surface area contributed by atoms with E-state index in [1.165, 1.54) is 7.11 Å². The van der Waals surface area contributed by atoms with Gasteiger partial charge in [-0.25, -0.2) is 0 Å². The normalized spacial score (nSPS) is 21.9. The summed E-state index contributed by atoms with van der Waals surface area (Å²) < 4.78 is 4.52. The van der Waals surface area contributed by atoms with E-state index in [1.54, 1.807) is 0 Å². The molecule has 1 saturated heterocycles. The van der Waals surface area contributed by atoms with Crippen molar-refractivity contribution in [2.45, 2.75) is 25.4 Å². The molecule has 1 heterocycles. The zero-order chi connectivity index (χ0) is 10.6. The van der Waals surface area contributed by atoms with Crippen LogP contribution in [0.5, 0.6) is 0 Å². The second-order valence-electron chi connectivity index (χ2n) is 3.99. The van der Waals surface area contributed by atoms with Crippen LogP contribution < -0.4 is 0 Å². The molecule has 4 nitrogen and oxygen atoms in total. The third kappa shape index (κ3) is 3.27. The van der Waals surface area contributed by atoms with Gasteiger partial charge in [-0.05, 0) is 38.9 Å². The number of piperidine rings is 1. The molecule has 1 rings (SSSR count). The van der Waals surface area contributed by atoms with E-state index in [9.17, 15) is 9.90 Å². The minimum atomic E-state index is -0.531. The molecule has 1 atom stereocenters. The molecular formula is C10H19NO3. The van der Waals surface area contributed by atoms with Crippen molar-refractivity contribution in [3.63, 3.8) is 0 Å². The second-order valence-corrected chi connectivity index (χ2v) is 3.99. The van der Waals surface area contributed by atoms with Crippen LogP contribution in [0.25, 0.3) is 0 Å². The second kappa shape index (κ2) is 5.32. The highest BCUT2D eigenvalue weighted by Gasteiger charge is 2.25. The molecule has 0 spiro atoms. The van der Waals surface area contributed by atoms with E-state index in [4.69, 9.17) is 0 Å². The van der Waals surface area contributed by atoms with Crippen LogP contribution in [0, 0.1) is 5.92 Å². The van der Waals surface area contributed by atoms with E-state index in [1.807, 2.05) is 0 Å². The molecular weight excluding hydrogens is 182 g/mol. The van der Waals surface area contributed by atoms with Gasteiger partial charge in [0.25, 0.3) is 0 Å². The molecule has 0 radical (unpaired) electrons. The largest absolute Gasteiger partial charge is 0.469 e. The first-order valence-corrected chi connectivity index (χ1v) is 5.07. The lowest BCUT2D eigenvalue weighted by molar-refractivity contribution is -0.143. The van der Waals surface area contributed by atoms with Gasteiger partial charge in [0.1, 0.15) is 0 Å². The molecule has 0 aromatic rings. The molecule has 1 unspecified atom stereocenters. The number of likely N-dealkylation sites (tertiary alicyclic amines) is 1. The van der Waals surface area contributed by atoms with Crippen molar-refractivity contribution in [2.75, 3.05) is 27.2 Å². The summed E-state index contributed by atoms with van der Waals surface area (Å²) in [5, 5.41) is 9.74. The Morgan fingerprint density at radius 2 is 2.14 bits per heavy atom. The zero-order valence-corrected chi connectivity index (χ0v) is 8.90. The van der Waals surface area contributed by atoms with Crippen LogP contribution in [0.4, 0.5) is 0 Å². The van der Waals surface area contributed by atoms with Crippen molar-refractivity contribution in [1.29, 1.82) is 0 Å². The molecule has 0 aliphatic carbocycles. The number of rotatable bonds is 3. The SMILES string of the molecule is COC(=O)CC(O)C1CCN(C)CC1. The molecule has 1 fully saturated rings. The van der Waals surface area contributed by atoms with Crippen LogP contribution in [-0.4, -0.2) is 49.3 Å². The molecule has 0 bridgehead atoms. The molecule has 0 aromatic heterocycles. The van der Waals surface area contributed by atoms with Crippen LogP contribution in [0.3, 0.4) is 0 Å². The van der Waals surface area contributed by atoms with E-state index in [0.717, 1.165) is 25.9 Å². The minimum Gasteiger partial charge on any atom is -0.469 e. The Bertz CT molecular complexity index is 188. The van der Waals surface area contributed by atoms with Crippen molar-refractivity contribution in [3.05, 3.63) is 0 Å². The van der Waals surface area contributed by atoms with Crippen LogP contribution >= 0.6 is 0 Å². The predicted molar refractivity (Wildman–Crippen MR) is 52.9 cm³/mol. The fourth-order valence-corrected chi connectivity index (χ4v) is 1.83. The Hall–Kier alpha value is -0.610. The van der Waals surface area contributed by atoms with Crippen molar-refractivity contribution in [3.8, 4) is 0 Å². The lowest BCUT2D eigenvalue weighted by atomic mass is 9.90. The Morgan fingerprint density at radius 3 is 2.64 bits per heavy atom. The zero-order valence-electron chi connectivity index (χ0n) is 8.90. The van der Waals surface area contributed by atoms with Gasteiger partial charge in [0, 0.05) is 0 Å². The molecule has 1 aliphatic rings. The average Bonchev–Trinajstić information content (AvgIpc) is 2.18. The number of methoxy groups -OCH3 is 1. The van der Waals surface area contributed by atoms with E-state index < -0.39 is 6.10 Å². The van der Waals surface area contributed by atoms with Gasteiger partial charge in [-0.3, -0.25) is 4.79 Å². The summed E-state index contributed by atoms with van der Waals surface area (Å²) in [5.74, 6) is -0.0678. The average molecular weight is 201 g/mol. The predicted octanol–water partition coefficient (Wildman–Crippen LogP) is 0.252. The monoisotopic (exact) mass is 201 g/mol. The first-order valence-electron chi connectivity index (χ1n) is 5.07. The van der Waals surface area contributed by atoms with E-state index in [0.29, 0.717) is 0 Å². The fourth-order valence-electron chi connectivity index (χ4n) is 1.83. The number of esters is 1. The number of carbonyl (C=O) groups excluding carboxylic acids is 1. The lowest BCUT2D eigenvalue weighted by Crippen LogP contribution is -2.36. The number of aliphatic hydroxyl groups excluding tert-OH is 1. The molecule has 1 aliphatic heterocycles. The first kappa shape index (κ1) is 11.5. The minimum absolute atomic E-state index is 0.130. The number of hydrogen-bond donors (Lipinski definition) is 1. The maximum absolute atomic E-state index is 10.9. The smallest absolute Gasteiger partial charge is 0.308 e. The van der Waals surface area contributed by atoms with Crippen molar-refractivity contribution in [1.82, 2.24) is 4.90 Å². The number of hydrogen-bond acceptors (Lipinski definition) is 4. The Labute approximate surface area is 84.8 Å². The fraction of sp³-hybridized carbons (Fsp3) is 0.900. The van der Waals surface area contributed by atoms with Gasteiger partial charge in [0.05, 0.1) is 19.6 Å². The molecule has 4 heteroatoms. The Morgan fingerprint density at radius 1 is 1.57 bits per heavy atom. The maximum atomic E-state index is 10.9. The van der Waals surface area contributed by atoms with Gasteiger partial charge in [0.2, 0.25) is 0 Å². The van der Waals surface area contributed by atoms with Crippen LogP contribution in [0.2, 0.25) is 0 Å². The molecule has 82 valence electrons. The standard InChI is InChI=1S/C10H19NO3/c1-11-5-3-8(4-6-11)9(12)7-10(13)14-2/h8-9,12H,3-7H2,1-2H3. The first-order chi connectivity index (χ1) is 6.63. The maximum Gasteiger partial charge on any atom is 0.308 e. The summed E-state index contributed by atoms with van der Waals surface area (Å²) in [7, 11) is 3.42. The van der Waals surface area contributed by atoms with Crippen LogP contribution in [0.1, 0.15) is 19.3 Å². The van der Waals surface area contributed by atoms with Gasteiger partial charge in [0.15, 0.2) is 0 Å². The van der Waals surface area contributed by atoms with Gasteiger partial charge in [-0.1, -0.05) is 0 Å². The lowest BCUT2D eigenvalue weighted by Gasteiger charge is -2.31. The number of ether oxygens (including phenoxy) is 1. The Balaban J connectivity index is 2.30. The van der Waals surface area contributed by atoms with Gasteiger partial charge in [-0.2, -0.15) is 0 Å². The molecule has 0 saturated carbocycles. The third-order valence-electron chi connectivity index (χ3n) is 2.91. The van der Waals surface area contributed by atoms with Crippen LogP contribution in [0.15, 0.2) is 0 Å². The topological polar surface area (TPSA) is 49.8 Å². The van der Waals surface area contributed by atoms with Gasteiger partial charge < -0.3 is 14.7 Å². The van der Waals surface area contributed by atoms with Gasteiger partial charge in [-0.15, -0.1) is 0 Å². The molecule has 14 heavy (non-hydrogen) atoms. The summed E-state index contributed by atoms with van der Waals surface area (Å²) in [6.45, 7) is 2.01. The van der Waals surface area contributed by atoms with Crippen molar-refractivity contribution >= 4 is 5.97 Å². The summed E-state index contributed by atoms with van der Waals surface area (Å²) in [6.07, 6.45) is 1.53. The number of nitrogens with zero attached hydrogens (tertiary/aromatic N) is 1.